The van der Waals surface area contributed by atoms with Gasteiger partial charge in [0.15, 0.2) is 0 Å². The van der Waals surface area contributed by atoms with Crippen LogP contribution in [-0.4, -0.2) is 57.9 Å². The molecule has 10 heteroatoms. The number of benzene rings is 1. The summed E-state index contributed by atoms with van der Waals surface area (Å²) >= 11 is 0. The Morgan fingerprint density at radius 2 is 1.56 bits per heavy atom. The van der Waals surface area contributed by atoms with Gasteiger partial charge in [0.2, 0.25) is 17.7 Å². The molecule has 0 bridgehead atoms. The normalized spacial score (nSPS) is 14.9. The first-order valence-corrected chi connectivity index (χ1v) is 10.5. The van der Waals surface area contributed by atoms with E-state index in [9.17, 15) is 19.2 Å². The van der Waals surface area contributed by atoms with Crippen LogP contribution < -0.4 is 21.7 Å². The van der Waals surface area contributed by atoms with E-state index in [1.54, 1.807) is 13.8 Å². The minimum Gasteiger partial charge on any atom is -0.480 e. The van der Waals surface area contributed by atoms with Gasteiger partial charge in [0.1, 0.15) is 18.1 Å². The Hall–Kier alpha value is -3.40. The predicted octanol–water partition coefficient (Wildman–Crippen LogP) is 0.273. The zero-order chi connectivity index (χ0) is 24.0. The molecule has 1 aromatic heterocycles. The maximum absolute atomic E-state index is 12.7. The van der Waals surface area contributed by atoms with Crippen LogP contribution in [0.4, 0.5) is 0 Å². The number of para-hydroxylation sites is 1. The number of aromatic nitrogens is 1. The molecule has 0 fully saturated rings. The highest BCUT2D eigenvalue weighted by atomic mass is 16.4. The summed E-state index contributed by atoms with van der Waals surface area (Å²) in [6.45, 7) is 6.27. The molecule has 0 radical (unpaired) electrons. The van der Waals surface area contributed by atoms with Crippen molar-refractivity contribution in [2.75, 3.05) is 0 Å². The SMILES string of the molecule is CC(NC(=O)C(C)NC(=O)C(NC(=O)C(N)Cc1c[nH]c2ccccc12)C(C)C)C(=O)O. The molecule has 0 aliphatic heterocycles. The summed E-state index contributed by atoms with van der Waals surface area (Å²) in [6.07, 6.45) is 2.09. The lowest BCUT2D eigenvalue weighted by Gasteiger charge is -2.25. The fourth-order valence-corrected chi connectivity index (χ4v) is 3.19. The molecular weight excluding hydrogens is 414 g/mol. The van der Waals surface area contributed by atoms with E-state index >= 15 is 0 Å². The van der Waals surface area contributed by atoms with Crippen molar-refractivity contribution in [2.45, 2.75) is 58.3 Å². The van der Waals surface area contributed by atoms with Gasteiger partial charge in [-0.3, -0.25) is 19.2 Å². The van der Waals surface area contributed by atoms with Crippen molar-refractivity contribution in [3.8, 4) is 0 Å². The number of nitrogens with two attached hydrogens (primary N) is 1. The van der Waals surface area contributed by atoms with Crippen LogP contribution in [0.5, 0.6) is 0 Å². The van der Waals surface area contributed by atoms with Crippen molar-refractivity contribution in [3.05, 3.63) is 36.0 Å². The number of H-pyrrole nitrogens is 1. The Balaban J connectivity index is 1.98. The summed E-state index contributed by atoms with van der Waals surface area (Å²) in [7, 11) is 0. The van der Waals surface area contributed by atoms with Gasteiger partial charge in [-0.05, 0) is 37.8 Å². The third kappa shape index (κ3) is 6.30. The molecule has 2 aromatic rings. The van der Waals surface area contributed by atoms with Crippen LogP contribution in [0, 0.1) is 5.92 Å². The summed E-state index contributed by atoms with van der Waals surface area (Å²) in [6, 6.07) is 3.81. The minimum atomic E-state index is -1.19. The molecule has 0 aliphatic rings. The first-order valence-electron chi connectivity index (χ1n) is 10.5. The molecule has 0 aliphatic carbocycles. The van der Waals surface area contributed by atoms with Crippen molar-refractivity contribution in [2.24, 2.45) is 11.7 Å². The van der Waals surface area contributed by atoms with Gasteiger partial charge in [-0.15, -0.1) is 0 Å². The number of nitrogens with one attached hydrogen (secondary N) is 4. The average Bonchev–Trinajstić information content (AvgIpc) is 3.13. The van der Waals surface area contributed by atoms with Crippen LogP contribution >= 0.6 is 0 Å². The molecule has 174 valence electrons. The van der Waals surface area contributed by atoms with E-state index in [0.717, 1.165) is 16.5 Å². The zero-order valence-electron chi connectivity index (χ0n) is 18.6. The van der Waals surface area contributed by atoms with Crippen LogP contribution in [0.3, 0.4) is 0 Å². The molecule has 7 N–H and O–H groups in total. The summed E-state index contributed by atoms with van der Waals surface area (Å²) in [5.41, 5.74) is 7.94. The van der Waals surface area contributed by atoms with Gasteiger partial charge in [-0.1, -0.05) is 32.0 Å². The van der Waals surface area contributed by atoms with Crippen LogP contribution in [0.1, 0.15) is 33.3 Å². The number of carboxylic acid groups (broad SMARTS) is 1. The van der Waals surface area contributed by atoms with Crippen LogP contribution in [0.15, 0.2) is 30.5 Å². The lowest BCUT2D eigenvalue weighted by molar-refractivity contribution is -0.141. The van der Waals surface area contributed by atoms with Crippen molar-refractivity contribution >= 4 is 34.6 Å². The molecule has 1 heterocycles. The monoisotopic (exact) mass is 445 g/mol. The van der Waals surface area contributed by atoms with Gasteiger partial charge in [0, 0.05) is 17.1 Å². The Morgan fingerprint density at radius 1 is 0.938 bits per heavy atom. The highest BCUT2D eigenvalue weighted by Crippen LogP contribution is 2.18. The van der Waals surface area contributed by atoms with Crippen molar-refractivity contribution in [3.63, 3.8) is 0 Å². The topological polar surface area (TPSA) is 166 Å². The minimum absolute atomic E-state index is 0.271. The smallest absolute Gasteiger partial charge is 0.325 e. The van der Waals surface area contributed by atoms with E-state index in [0.29, 0.717) is 0 Å². The van der Waals surface area contributed by atoms with Crippen LogP contribution in [-0.2, 0) is 25.6 Å². The molecule has 4 unspecified atom stereocenters. The molecule has 2 rings (SSSR count). The Kier molecular flexibility index (Phi) is 8.36. The van der Waals surface area contributed by atoms with E-state index in [2.05, 4.69) is 20.9 Å². The van der Waals surface area contributed by atoms with Crippen molar-refractivity contribution in [1.82, 2.24) is 20.9 Å². The molecule has 0 saturated carbocycles. The molecule has 10 nitrogen and oxygen atoms in total. The molecule has 3 amide bonds. The fourth-order valence-electron chi connectivity index (χ4n) is 3.19. The number of hydrogen-bond donors (Lipinski definition) is 6. The highest BCUT2D eigenvalue weighted by molar-refractivity contribution is 5.94. The molecule has 0 spiro atoms. The highest BCUT2D eigenvalue weighted by Gasteiger charge is 2.29. The van der Waals surface area contributed by atoms with Gasteiger partial charge < -0.3 is 31.8 Å². The standard InChI is InChI=1S/C22H31N5O5/c1-11(2)18(21(30)25-12(3)19(28)26-13(4)22(31)32)27-20(29)16(23)9-14-10-24-17-8-6-5-7-15(14)17/h5-8,10-13,16,18,24H,9,23H2,1-4H3,(H,25,30)(H,26,28)(H,27,29)(H,31,32). The molecule has 4 atom stereocenters. The Morgan fingerprint density at radius 3 is 2.19 bits per heavy atom. The average molecular weight is 446 g/mol. The number of hydrogen-bond acceptors (Lipinski definition) is 5. The van der Waals surface area contributed by atoms with Gasteiger partial charge in [-0.2, -0.15) is 0 Å². The van der Waals surface area contributed by atoms with Crippen molar-refractivity contribution in [1.29, 1.82) is 0 Å². The van der Waals surface area contributed by atoms with Crippen LogP contribution in [0.2, 0.25) is 0 Å². The Bertz CT molecular complexity index is 986. The quantitative estimate of drug-likeness (QED) is 0.307. The molecule has 1 aromatic carbocycles. The summed E-state index contributed by atoms with van der Waals surface area (Å²) < 4.78 is 0. The Labute approximate surface area is 186 Å². The molecule has 0 saturated heterocycles. The summed E-state index contributed by atoms with van der Waals surface area (Å²) in [5.74, 6) is -3.14. The number of carbonyl (C=O) groups is 4. The lowest BCUT2D eigenvalue weighted by atomic mass is 10.0. The number of amides is 3. The first kappa shape index (κ1) is 24.9. The number of carboxylic acids is 1. The van der Waals surface area contributed by atoms with E-state index in [1.807, 2.05) is 30.5 Å². The maximum Gasteiger partial charge on any atom is 0.325 e. The molecule has 32 heavy (non-hydrogen) atoms. The summed E-state index contributed by atoms with van der Waals surface area (Å²) in [5, 5.41) is 17.3. The number of rotatable bonds is 10. The second-order valence-corrected chi connectivity index (χ2v) is 8.20. The van der Waals surface area contributed by atoms with E-state index in [-0.39, 0.29) is 12.3 Å². The zero-order valence-corrected chi connectivity index (χ0v) is 18.6. The number of fused-ring (bicyclic) bond motifs is 1. The van der Waals surface area contributed by atoms with Crippen molar-refractivity contribution < 1.29 is 24.3 Å². The van der Waals surface area contributed by atoms with E-state index in [4.69, 9.17) is 10.8 Å². The maximum atomic E-state index is 12.7. The third-order valence-electron chi connectivity index (χ3n) is 5.18. The number of aliphatic carboxylic acids is 1. The van der Waals surface area contributed by atoms with Crippen LogP contribution in [0.25, 0.3) is 10.9 Å². The predicted molar refractivity (Wildman–Crippen MR) is 120 cm³/mol. The largest absolute Gasteiger partial charge is 0.480 e. The van der Waals surface area contributed by atoms with Gasteiger partial charge in [0.05, 0.1) is 6.04 Å². The van der Waals surface area contributed by atoms with Gasteiger partial charge >= 0.3 is 5.97 Å². The molecular formula is C22H31N5O5. The number of aromatic amines is 1. The van der Waals surface area contributed by atoms with Gasteiger partial charge in [0.25, 0.3) is 0 Å². The third-order valence-corrected chi connectivity index (χ3v) is 5.18. The number of carbonyl (C=O) groups excluding carboxylic acids is 3. The van der Waals surface area contributed by atoms with E-state index in [1.165, 1.54) is 13.8 Å². The second-order valence-electron chi connectivity index (χ2n) is 8.20. The summed E-state index contributed by atoms with van der Waals surface area (Å²) in [4.78, 5) is 51.5. The van der Waals surface area contributed by atoms with Gasteiger partial charge in [-0.25, -0.2) is 0 Å². The fraction of sp³-hybridized carbons (Fsp3) is 0.455. The first-order chi connectivity index (χ1) is 15.0. The second kappa shape index (κ2) is 10.8. The van der Waals surface area contributed by atoms with E-state index < -0.39 is 47.9 Å². The lowest BCUT2D eigenvalue weighted by Crippen LogP contribution is -2.57.